The highest BCUT2D eigenvalue weighted by molar-refractivity contribution is 5.92. The fourth-order valence-corrected chi connectivity index (χ4v) is 1.70. The van der Waals surface area contributed by atoms with E-state index in [4.69, 9.17) is 5.73 Å². The number of aliphatic imine (C=N–C) groups is 1. The minimum absolute atomic E-state index is 0.00851. The molecule has 3 N–H and O–H groups in total. The minimum Gasteiger partial charge on any atom is -0.370 e. The van der Waals surface area contributed by atoms with Crippen molar-refractivity contribution in [3.05, 3.63) is 0 Å². The molecular formula is C11H22N4O. The Morgan fingerprint density at radius 3 is 2.56 bits per heavy atom. The third-order valence-corrected chi connectivity index (χ3v) is 2.58. The van der Waals surface area contributed by atoms with Gasteiger partial charge in [0.1, 0.15) is 5.54 Å². The van der Waals surface area contributed by atoms with Crippen molar-refractivity contribution in [1.82, 2.24) is 10.2 Å². The molecule has 16 heavy (non-hydrogen) atoms. The number of nitrogens with two attached hydrogens (primary N) is 1. The maximum atomic E-state index is 11.7. The first-order chi connectivity index (χ1) is 7.14. The molecule has 1 amide bonds. The number of carbonyl (C=O) groups excluding carboxylic acids is 1. The number of hydrogen-bond donors (Lipinski definition) is 2. The van der Waals surface area contributed by atoms with Crippen LogP contribution in [0.2, 0.25) is 0 Å². The molecule has 1 heterocycles. The van der Waals surface area contributed by atoms with E-state index >= 15 is 0 Å². The average Bonchev–Trinajstić information content (AvgIpc) is 2.06. The molecule has 0 bridgehead atoms. The van der Waals surface area contributed by atoms with Gasteiger partial charge in [-0.05, 0) is 34.6 Å². The quantitative estimate of drug-likeness (QED) is 0.461. The number of nitrogens with one attached hydrogen (secondary N) is 1. The molecule has 1 saturated heterocycles. The van der Waals surface area contributed by atoms with Crippen molar-refractivity contribution in [2.45, 2.75) is 45.7 Å². The molecule has 1 fully saturated rings. The van der Waals surface area contributed by atoms with Crippen molar-refractivity contribution in [2.24, 2.45) is 10.7 Å². The largest absolute Gasteiger partial charge is 0.370 e. The van der Waals surface area contributed by atoms with Gasteiger partial charge in [-0.3, -0.25) is 4.79 Å². The molecule has 0 aliphatic carbocycles. The Hall–Kier alpha value is -1.26. The SMILES string of the molecule is CC(C)(C)N=C(N)N1CCNC(=O)C1(C)C. The second-order valence-electron chi connectivity index (χ2n) is 5.61. The lowest BCUT2D eigenvalue weighted by Crippen LogP contribution is -2.65. The van der Waals surface area contributed by atoms with Crippen LogP contribution < -0.4 is 11.1 Å². The maximum Gasteiger partial charge on any atom is 0.245 e. The van der Waals surface area contributed by atoms with E-state index in [2.05, 4.69) is 10.3 Å². The molecule has 92 valence electrons. The van der Waals surface area contributed by atoms with E-state index in [1.54, 1.807) is 0 Å². The standard InChI is InChI=1S/C11H22N4O/c1-10(2,3)14-9(12)15-7-6-13-8(16)11(15,4)5/h6-7H2,1-5H3,(H2,12,14)(H,13,16). The van der Waals surface area contributed by atoms with E-state index in [9.17, 15) is 4.79 Å². The molecule has 1 aliphatic heterocycles. The van der Waals surface area contributed by atoms with Crippen LogP contribution in [0.1, 0.15) is 34.6 Å². The number of carbonyl (C=O) groups is 1. The summed E-state index contributed by atoms with van der Waals surface area (Å²) >= 11 is 0. The van der Waals surface area contributed by atoms with E-state index in [1.165, 1.54) is 0 Å². The lowest BCUT2D eigenvalue weighted by atomic mass is 9.99. The normalized spacial score (nSPS) is 21.9. The lowest BCUT2D eigenvalue weighted by Gasteiger charge is -2.42. The van der Waals surface area contributed by atoms with Gasteiger partial charge < -0.3 is 16.0 Å². The van der Waals surface area contributed by atoms with Crippen molar-refractivity contribution < 1.29 is 4.79 Å². The van der Waals surface area contributed by atoms with Gasteiger partial charge in [-0.2, -0.15) is 0 Å². The summed E-state index contributed by atoms with van der Waals surface area (Å²) < 4.78 is 0. The summed E-state index contributed by atoms with van der Waals surface area (Å²) in [6.45, 7) is 11.0. The Bertz CT molecular complexity index is 314. The van der Waals surface area contributed by atoms with Crippen LogP contribution in [-0.4, -0.2) is 40.9 Å². The van der Waals surface area contributed by atoms with E-state index in [-0.39, 0.29) is 11.4 Å². The van der Waals surface area contributed by atoms with Gasteiger partial charge in [0.15, 0.2) is 5.96 Å². The van der Waals surface area contributed by atoms with Gasteiger partial charge in [-0.25, -0.2) is 4.99 Å². The highest BCUT2D eigenvalue weighted by atomic mass is 16.2. The Morgan fingerprint density at radius 2 is 2.06 bits per heavy atom. The minimum atomic E-state index is -0.628. The van der Waals surface area contributed by atoms with Gasteiger partial charge in [0, 0.05) is 13.1 Å². The van der Waals surface area contributed by atoms with Crippen molar-refractivity contribution in [3.63, 3.8) is 0 Å². The van der Waals surface area contributed by atoms with Crippen LogP contribution in [0.15, 0.2) is 4.99 Å². The van der Waals surface area contributed by atoms with Gasteiger partial charge in [0.05, 0.1) is 5.54 Å². The van der Waals surface area contributed by atoms with Gasteiger partial charge in [0.2, 0.25) is 5.91 Å². The first-order valence-corrected chi connectivity index (χ1v) is 5.56. The van der Waals surface area contributed by atoms with Crippen LogP contribution in [0, 0.1) is 0 Å². The Balaban J connectivity index is 2.95. The van der Waals surface area contributed by atoms with E-state index < -0.39 is 5.54 Å². The van der Waals surface area contributed by atoms with Crippen molar-refractivity contribution in [1.29, 1.82) is 0 Å². The summed E-state index contributed by atoms with van der Waals surface area (Å²) in [6, 6.07) is 0. The lowest BCUT2D eigenvalue weighted by molar-refractivity contribution is -0.132. The molecular weight excluding hydrogens is 204 g/mol. The van der Waals surface area contributed by atoms with E-state index in [1.807, 2.05) is 39.5 Å². The molecule has 1 aliphatic rings. The molecule has 0 aromatic heterocycles. The summed E-state index contributed by atoms with van der Waals surface area (Å²) in [5.74, 6) is 0.429. The van der Waals surface area contributed by atoms with Gasteiger partial charge >= 0.3 is 0 Å². The highest BCUT2D eigenvalue weighted by Gasteiger charge is 2.39. The number of rotatable bonds is 0. The second kappa shape index (κ2) is 3.96. The van der Waals surface area contributed by atoms with Crippen LogP contribution in [0.4, 0.5) is 0 Å². The summed E-state index contributed by atoms with van der Waals surface area (Å²) in [7, 11) is 0. The Morgan fingerprint density at radius 1 is 1.50 bits per heavy atom. The van der Waals surface area contributed by atoms with Gasteiger partial charge in [0.25, 0.3) is 0 Å². The smallest absolute Gasteiger partial charge is 0.245 e. The first-order valence-electron chi connectivity index (χ1n) is 5.56. The molecule has 1 rings (SSSR count). The Labute approximate surface area is 97.1 Å². The third kappa shape index (κ3) is 2.65. The summed E-state index contributed by atoms with van der Waals surface area (Å²) in [4.78, 5) is 18.0. The van der Waals surface area contributed by atoms with Crippen LogP contribution in [-0.2, 0) is 4.79 Å². The van der Waals surface area contributed by atoms with Crippen LogP contribution in [0.25, 0.3) is 0 Å². The fourth-order valence-electron chi connectivity index (χ4n) is 1.70. The predicted octanol–water partition coefficient (Wildman–Crippen LogP) is 0.310. The number of piperazine rings is 1. The molecule has 0 unspecified atom stereocenters. The molecule has 0 aromatic carbocycles. The molecule has 0 spiro atoms. The molecule has 0 aromatic rings. The van der Waals surface area contributed by atoms with Crippen molar-refractivity contribution in [3.8, 4) is 0 Å². The predicted molar refractivity (Wildman–Crippen MR) is 65.2 cm³/mol. The van der Waals surface area contributed by atoms with Crippen LogP contribution >= 0.6 is 0 Å². The zero-order chi connectivity index (χ0) is 12.6. The van der Waals surface area contributed by atoms with Gasteiger partial charge in [-0.1, -0.05) is 0 Å². The summed E-state index contributed by atoms with van der Waals surface area (Å²) in [6.07, 6.45) is 0. The molecule has 5 nitrogen and oxygen atoms in total. The number of amides is 1. The molecule has 5 heteroatoms. The Kier molecular flexibility index (Phi) is 3.17. The second-order valence-corrected chi connectivity index (χ2v) is 5.61. The number of guanidine groups is 1. The summed E-state index contributed by atoms with van der Waals surface area (Å²) in [5.41, 5.74) is 5.11. The molecule has 0 atom stereocenters. The van der Waals surface area contributed by atoms with Crippen molar-refractivity contribution in [2.75, 3.05) is 13.1 Å². The van der Waals surface area contributed by atoms with Crippen LogP contribution in [0.3, 0.4) is 0 Å². The molecule has 0 radical (unpaired) electrons. The van der Waals surface area contributed by atoms with Crippen LogP contribution in [0.5, 0.6) is 0 Å². The van der Waals surface area contributed by atoms with E-state index in [0.29, 0.717) is 19.0 Å². The first kappa shape index (κ1) is 12.8. The zero-order valence-corrected chi connectivity index (χ0v) is 10.8. The third-order valence-electron chi connectivity index (χ3n) is 2.58. The monoisotopic (exact) mass is 226 g/mol. The van der Waals surface area contributed by atoms with Crippen molar-refractivity contribution >= 4 is 11.9 Å². The number of nitrogens with zero attached hydrogens (tertiary/aromatic N) is 2. The summed E-state index contributed by atoms with van der Waals surface area (Å²) in [5, 5.41) is 2.83. The maximum absolute atomic E-state index is 11.7. The highest BCUT2D eigenvalue weighted by Crippen LogP contribution is 2.18. The van der Waals surface area contributed by atoms with E-state index in [0.717, 1.165) is 0 Å². The molecule has 0 saturated carbocycles. The zero-order valence-electron chi connectivity index (χ0n) is 10.8. The number of hydrogen-bond acceptors (Lipinski definition) is 2. The van der Waals surface area contributed by atoms with Gasteiger partial charge in [-0.15, -0.1) is 0 Å². The topological polar surface area (TPSA) is 70.7 Å². The fraction of sp³-hybridized carbons (Fsp3) is 0.818. The average molecular weight is 226 g/mol.